The summed E-state index contributed by atoms with van der Waals surface area (Å²) in [6, 6.07) is 24.7. The Hall–Kier alpha value is -2.36. The Kier molecular flexibility index (Phi) is 5.69. The average Bonchev–Trinajstić information content (AvgIpc) is 2.64. The van der Waals surface area contributed by atoms with Crippen LogP contribution in [-0.2, 0) is 4.79 Å². The third-order valence-electron chi connectivity index (χ3n) is 3.62. The van der Waals surface area contributed by atoms with E-state index in [1.54, 1.807) is 18.2 Å². The van der Waals surface area contributed by atoms with Gasteiger partial charge in [0.2, 0.25) is 0 Å². The molecule has 0 atom stereocenters. The van der Waals surface area contributed by atoms with E-state index in [-0.39, 0.29) is 5.91 Å². The summed E-state index contributed by atoms with van der Waals surface area (Å²) in [5, 5.41) is 3.46. The van der Waals surface area contributed by atoms with Gasteiger partial charge in [0, 0.05) is 15.7 Å². The number of carbonyl (C=O) groups excluding carboxylic acids is 1. The molecule has 124 valence electrons. The van der Waals surface area contributed by atoms with Gasteiger partial charge in [-0.2, -0.15) is 0 Å². The summed E-state index contributed by atoms with van der Waals surface area (Å²) in [6.07, 6.45) is 1.88. The van der Waals surface area contributed by atoms with Gasteiger partial charge in [-0.25, -0.2) is 0 Å². The van der Waals surface area contributed by atoms with Crippen molar-refractivity contribution in [2.24, 2.45) is 0 Å². The maximum absolute atomic E-state index is 12.9. The lowest BCUT2D eigenvalue weighted by molar-refractivity contribution is -0.111. The second-order valence-electron chi connectivity index (χ2n) is 5.42. The van der Waals surface area contributed by atoms with Gasteiger partial charge in [0.25, 0.3) is 5.91 Å². The van der Waals surface area contributed by atoms with Crippen LogP contribution in [0, 0.1) is 0 Å². The molecule has 1 amide bonds. The molecule has 0 unspecified atom stereocenters. The highest BCUT2D eigenvalue weighted by Crippen LogP contribution is 2.27. The van der Waals surface area contributed by atoms with Crippen molar-refractivity contribution in [3.05, 3.63) is 99.5 Å². The number of halogens is 2. The molecule has 0 bridgehead atoms. The predicted octanol–water partition coefficient (Wildman–Crippen LogP) is 6.28. The fourth-order valence-corrected chi connectivity index (χ4v) is 2.81. The van der Waals surface area contributed by atoms with Gasteiger partial charge < -0.3 is 5.32 Å². The molecule has 0 fully saturated rings. The molecular weight excluding hydrogens is 398 g/mol. The van der Waals surface area contributed by atoms with Crippen LogP contribution in [0.15, 0.2) is 83.3 Å². The van der Waals surface area contributed by atoms with Crippen LogP contribution in [-0.4, -0.2) is 5.91 Å². The zero-order valence-electron chi connectivity index (χ0n) is 13.2. The topological polar surface area (TPSA) is 29.1 Å². The van der Waals surface area contributed by atoms with E-state index < -0.39 is 0 Å². The fraction of sp³-hybridized carbons (Fsp3) is 0. The van der Waals surface area contributed by atoms with Gasteiger partial charge >= 0.3 is 0 Å². The summed E-state index contributed by atoms with van der Waals surface area (Å²) in [5.41, 5.74) is 3.05. The van der Waals surface area contributed by atoms with Gasteiger partial charge in [-0.1, -0.05) is 72.3 Å². The van der Waals surface area contributed by atoms with Crippen molar-refractivity contribution in [3.63, 3.8) is 0 Å². The van der Waals surface area contributed by atoms with E-state index >= 15 is 0 Å². The molecule has 4 heteroatoms. The number of nitrogens with one attached hydrogen (secondary N) is 1. The van der Waals surface area contributed by atoms with Gasteiger partial charge in [0.15, 0.2) is 0 Å². The van der Waals surface area contributed by atoms with Crippen molar-refractivity contribution in [1.29, 1.82) is 0 Å². The maximum atomic E-state index is 12.9. The quantitative estimate of drug-likeness (QED) is 0.396. The average molecular weight is 413 g/mol. The van der Waals surface area contributed by atoms with Gasteiger partial charge in [-0.15, -0.1) is 0 Å². The van der Waals surface area contributed by atoms with Crippen LogP contribution in [0.4, 0.5) is 5.69 Å². The molecule has 0 aliphatic rings. The molecule has 0 aromatic heterocycles. The zero-order valence-corrected chi connectivity index (χ0v) is 15.6. The van der Waals surface area contributed by atoms with E-state index in [1.807, 2.05) is 66.7 Å². The zero-order chi connectivity index (χ0) is 17.6. The lowest BCUT2D eigenvalue weighted by Gasteiger charge is -2.10. The molecular formula is C21H15BrClNO. The van der Waals surface area contributed by atoms with Gasteiger partial charge in [-0.05, 0) is 51.3 Å². The molecule has 3 aromatic rings. The molecule has 2 nitrogen and oxygen atoms in total. The van der Waals surface area contributed by atoms with Crippen molar-refractivity contribution in [2.75, 3.05) is 5.32 Å². The van der Waals surface area contributed by atoms with E-state index in [2.05, 4.69) is 21.2 Å². The number of rotatable bonds is 4. The molecule has 0 saturated heterocycles. The van der Waals surface area contributed by atoms with Crippen LogP contribution in [0.2, 0.25) is 5.02 Å². The summed E-state index contributed by atoms with van der Waals surface area (Å²) < 4.78 is 0.787. The Morgan fingerprint density at radius 1 is 0.920 bits per heavy atom. The highest BCUT2D eigenvalue weighted by atomic mass is 79.9. The monoisotopic (exact) mass is 411 g/mol. The second kappa shape index (κ2) is 8.15. The molecule has 0 spiro atoms. The van der Waals surface area contributed by atoms with Gasteiger partial charge in [-0.3, -0.25) is 4.79 Å². The normalized spacial score (nSPS) is 11.2. The van der Waals surface area contributed by atoms with E-state index in [9.17, 15) is 4.79 Å². The molecule has 0 aliphatic heterocycles. The van der Waals surface area contributed by atoms with Gasteiger partial charge in [0.1, 0.15) is 0 Å². The summed E-state index contributed by atoms with van der Waals surface area (Å²) in [7, 11) is 0. The number of hydrogen-bond donors (Lipinski definition) is 1. The molecule has 25 heavy (non-hydrogen) atoms. The van der Waals surface area contributed by atoms with Crippen LogP contribution in [0.25, 0.3) is 11.6 Å². The molecule has 3 aromatic carbocycles. The SMILES string of the molecule is O=C(Nc1ccc(Br)c(Cl)c1)/C(=C\c1ccccc1)c1ccccc1. The van der Waals surface area contributed by atoms with Crippen LogP contribution in [0.5, 0.6) is 0 Å². The maximum Gasteiger partial charge on any atom is 0.256 e. The smallest absolute Gasteiger partial charge is 0.256 e. The molecule has 0 saturated carbocycles. The molecule has 0 heterocycles. The van der Waals surface area contributed by atoms with E-state index in [0.717, 1.165) is 15.6 Å². The van der Waals surface area contributed by atoms with E-state index in [1.165, 1.54) is 0 Å². The minimum atomic E-state index is -0.187. The first-order valence-corrected chi connectivity index (χ1v) is 8.89. The number of hydrogen-bond acceptors (Lipinski definition) is 1. The van der Waals surface area contributed by atoms with Crippen LogP contribution < -0.4 is 5.32 Å². The minimum absolute atomic E-state index is 0.187. The van der Waals surface area contributed by atoms with Crippen LogP contribution in [0.3, 0.4) is 0 Å². The third kappa shape index (κ3) is 4.59. The standard InChI is InChI=1S/C21H15BrClNO/c22-19-12-11-17(14-20(19)23)24-21(25)18(16-9-5-2-6-10-16)13-15-7-3-1-4-8-15/h1-14H,(H,24,25)/b18-13-. The summed E-state index contributed by atoms with van der Waals surface area (Å²) in [4.78, 5) is 12.9. The second-order valence-corrected chi connectivity index (χ2v) is 6.68. The van der Waals surface area contributed by atoms with Crippen molar-refractivity contribution in [2.45, 2.75) is 0 Å². The Bertz CT molecular complexity index is 908. The van der Waals surface area contributed by atoms with E-state index in [4.69, 9.17) is 11.6 Å². The Balaban J connectivity index is 1.95. The summed E-state index contributed by atoms with van der Waals surface area (Å²) >= 11 is 9.46. The Morgan fingerprint density at radius 3 is 2.20 bits per heavy atom. The first kappa shape index (κ1) is 17.5. The minimum Gasteiger partial charge on any atom is -0.322 e. The number of anilines is 1. The number of amides is 1. The predicted molar refractivity (Wildman–Crippen MR) is 109 cm³/mol. The van der Waals surface area contributed by atoms with Crippen molar-refractivity contribution in [3.8, 4) is 0 Å². The third-order valence-corrected chi connectivity index (χ3v) is 4.85. The Labute approximate surface area is 160 Å². The van der Waals surface area contributed by atoms with Crippen LogP contribution in [0.1, 0.15) is 11.1 Å². The molecule has 0 aliphatic carbocycles. The van der Waals surface area contributed by atoms with Gasteiger partial charge in [0.05, 0.1) is 5.02 Å². The summed E-state index contributed by atoms with van der Waals surface area (Å²) in [5.74, 6) is -0.187. The van der Waals surface area contributed by atoms with Crippen molar-refractivity contribution >= 4 is 50.8 Å². The Morgan fingerprint density at radius 2 is 1.56 bits per heavy atom. The molecule has 0 radical (unpaired) electrons. The lowest BCUT2D eigenvalue weighted by Crippen LogP contribution is -2.13. The number of benzene rings is 3. The molecule has 1 N–H and O–H groups in total. The molecule has 3 rings (SSSR count). The summed E-state index contributed by atoms with van der Waals surface area (Å²) in [6.45, 7) is 0. The highest BCUT2D eigenvalue weighted by Gasteiger charge is 2.13. The van der Waals surface area contributed by atoms with Crippen molar-refractivity contribution in [1.82, 2.24) is 0 Å². The highest BCUT2D eigenvalue weighted by molar-refractivity contribution is 9.10. The van der Waals surface area contributed by atoms with E-state index in [0.29, 0.717) is 16.3 Å². The first-order valence-electron chi connectivity index (χ1n) is 7.72. The van der Waals surface area contributed by atoms with Crippen molar-refractivity contribution < 1.29 is 4.79 Å². The number of carbonyl (C=O) groups is 1. The first-order chi connectivity index (χ1) is 12.1. The van der Waals surface area contributed by atoms with Crippen LogP contribution >= 0.6 is 27.5 Å². The lowest BCUT2D eigenvalue weighted by atomic mass is 10.0. The largest absolute Gasteiger partial charge is 0.322 e. The fourth-order valence-electron chi connectivity index (χ4n) is 2.39.